The first-order chi connectivity index (χ1) is 10.7. The van der Waals surface area contributed by atoms with Crippen molar-refractivity contribution in [1.29, 1.82) is 0 Å². The second-order valence-electron chi connectivity index (χ2n) is 4.34. The molecule has 2 aromatic heterocycles. The van der Waals surface area contributed by atoms with Crippen LogP contribution in [0.5, 0.6) is 0 Å². The third-order valence-electron chi connectivity index (χ3n) is 2.81. The van der Waals surface area contributed by atoms with Gasteiger partial charge in [-0.2, -0.15) is 0 Å². The Bertz CT molecular complexity index is 698. The SMILES string of the molecule is O=C(Nc1ccc(NC(=O)c2cccs2)cc1)c1cscn1. The van der Waals surface area contributed by atoms with E-state index >= 15 is 0 Å². The fourth-order valence-electron chi connectivity index (χ4n) is 1.76. The molecule has 110 valence electrons. The summed E-state index contributed by atoms with van der Waals surface area (Å²) >= 11 is 2.75. The molecule has 0 saturated carbocycles. The Kier molecular flexibility index (Phi) is 4.27. The van der Waals surface area contributed by atoms with E-state index in [9.17, 15) is 9.59 Å². The maximum absolute atomic E-state index is 11.9. The van der Waals surface area contributed by atoms with Gasteiger partial charge in [0.15, 0.2) is 0 Å². The van der Waals surface area contributed by atoms with E-state index < -0.39 is 0 Å². The van der Waals surface area contributed by atoms with E-state index in [1.165, 1.54) is 22.7 Å². The lowest BCUT2D eigenvalue weighted by Gasteiger charge is -2.06. The molecule has 7 heteroatoms. The molecular weight excluding hydrogens is 318 g/mol. The highest BCUT2D eigenvalue weighted by Gasteiger charge is 2.09. The Morgan fingerprint density at radius 2 is 1.64 bits per heavy atom. The number of thiazole rings is 1. The summed E-state index contributed by atoms with van der Waals surface area (Å²) in [6, 6.07) is 10.5. The molecule has 0 aliphatic rings. The number of thiophene rings is 1. The van der Waals surface area contributed by atoms with Gasteiger partial charge in [0.25, 0.3) is 11.8 Å². The van der Waals surface area contributed by atoms with Gasteiger partial charge in [-0.1, -0.05) is 6.07 Å². The van der Waals surface area contributed by atoms with E-state index in [0.29, 0.717) is 21.9 Å². The van der Waals surface area contributed by atoms with Gasteiger partial charge in [0.05, 0.1) is 10.4 Å². The molecule has 5 nitrogen and oxygen atoms in total. The van der Waals surface area contributed by atoms with Crippen molar-refractivity contribution < 1.29 is 9.59 Å². The number of carbonyl (C=O) groups is 2. The number of rotatable bonds is 4. The normalized spacial score (nSPS) is 10.2. The van der Waals surface area contributed by atoms with Crippen molar-refractivity contribution in [2.24, 2.45) is 0 Å². The van der Waals surface area contributed by atoms with Crippen molar-refractivity contribution in [2.75, 3.05) is 10.6 Å². The van der Waals surface area contributed by atoms with E-state index in [0.717, 1.165) is 0 Å². The molecule has 3 aromatic rings. The van der Waals surface area contributed by atoms with E-state index in [-0.39, 0.29) is 11.8 Å². The number of aromatic nitrogens is 1. The van der Waals surface area contributed by atoms with E-state index in [1.807, 2.05) is 11.4 Å². The van der Waals surface area contributed by atoms with Crippen molar-refractivity contribution in [2.45, 2.75) is 0 Å². The molecule has 0 unspecified atom stereocenters. The van der Waals surface area contributed by atoms with E-state index in [4.69, 9.17) is 0 Å². The van der Waals surface area contributed by atoms with Gasteiger partial charge in [-0.25, -0.2) is 4.98 Å². The van der Waals surface area contributed by atoms with Crippen molar-refractivity contribution >= 4 is 45.9 Å². The number of amides is 2. The van der Waals surface area contributed by atoms with Crippen molar-refractivity contribution in [3.63, 3.8) is 0 Å². The lowest BCUT2D eigenvalue weighted by Crippen LogP contribution is -2.12. The molecule has 0 fully saturated rings. The maximum Gasteiger partial charge on any atom is 0.275 e. The summed E-state index contributed by atoms with van der Waals surface area (Å²) in [5.41, 5.74) is 3.32. The molecule has 0 atom stereocenters. The van der Waals surface area contributed by atoms with Gasteiger partial charge in [-0.3, -0.25) is 9.59 Å². The Morgan fingerprint density at radius 3 is 2.18 bits per heavy atom. The van der Waals surface area contributed by atoms with Gasteiger partial charge < -0.3 is 10.6 Å². The molecule has 0 spiro atoms. The monoisotopic (exact) mass is 329 g/mol. The second kappa shape index (κ2) is 6.50. The number of hydrogen-bond acceptors (Lipinski definition) is 5. The summed E-state index contributed by atoms with van der Waals surface area (Å²) in [6.07, 6.45) is 0. The summed E-state index contributed by atoms with van der Waals surface area (Å²) in [7, 11) is 0. The Hall–Kier alpha value is -2.51. The fraction of sp³-hybridized carbons (Fsp3) is 0. The van der Waals surface area contributed by atoms with Crippen LogP contribution in [0.25, 0.3) is 0 Å². The van der Waals surface area contributed by atoms with Gasteiger partial charge in [0, 0.05) is 16.8 Å². The van der Waals surface area contributed by atoms with Crippen LogP contribution in [0.3, 0.4) is 0 Å². The average Bonchev–Trinajstić information content (AvgIpc) is 3.23. The third kappa shape index (κ3) is 3.38. The van der Waals surface area contributed by atoms with E-state index in [2.05, 4.69) is 15.6 Å². The van der Waals surface area contributed by atoms with Gasteiger partial charge in [0.1, 0.15) is 5.69 Å². The van der Waals surface area contributed by atoms with Crippen molar-refractivity contribution in [3.05, 3.63) is 63.2 Å². The molecular formula is C15H11N3O2S2. The molecule has 0 aliphatic heterocycles. The predicted octanol–water partition coefficient (Wildman–Crippen LogP) is 3.71. The average molecular weight is 329 g/mol. The highest BCUT2D eigenvalue weighted by molar-refractivity contribution is 7.12. The van der Waals surface area contributed by atoms with Crippen LogP contribution in [0.15, 0.2) is 52.7 Å². The second-order valence-corrected chi connectivity index (χ2v) is 6.00. The molecule has 22 heavy (non-hydrogen) atoms. The van der Waals surface area contributed by atoms with Crippen LogP contribution in [-0.2, 0) is 0 Å². The van der Waals surface area contributed by atoms with Crippen LogP contribution >= 0.6 is 22.7 Å². The molecule has 0 radical (unpaired) electrons. The molecule has 0 saturated heterocycles. The number of nitrogens with one attached hydrogen (secondary N) is 2. The minimum atomic E-state index is -0.253. The molecule has 2 heterocycles. The molecule has 0 aliphatic carbocycles. The number of carbonyl (C=O) groups excluding carboxylic acids is 2. The molecule has 1 aromatic carbocycles. The largest absolute Gasteiger partial charge is 0.321 e. The standard InChI is InChI=1S/C15H11N3O2S2/c19-14(12-8-21-9-16-12)17-10-3-5-11(6-4-10)18-15(20)13-2-1-7-22-13/h1-9H,(H,17,19)(H,18,20). The number of nitrogens with zero attached hydrogens (tertiary/aromatic N) is 1. The van der Waals surface area contributed by atoms with Crippen LogP contribution < -0.4 is 10.6 Å². The summed E-state index contributed by atoms with van der Waals surface area (Å²) in [4.78, 5) is 28.4. The van der Waals surface area contributed by atoms with Crippen LogP contribution in [-0.4, -0.2) is 16.8 Å². The smallest absolute Gasteiger partial charge is 0.275 e. The van der Waals surface area contributed by atoms with Crippen molar-refractivity contribution in [3.8, 4) is 0 Å². The Labute approximate surface area is 134 Å². The fourth-order valence-corrected chi connectivity index (χ4v) is 2.91. The third-order valence-corrected chi connectivity index (χ3v) is 4.27. The molecule has 3 rings (SSSR count). The maximum atomic E-state index is 11.9. The van der Waals surface area contributed by atoms with Gasteiger partial charge in [0.2, 0.25) is 0 Å². The van der Waals surface area contributed by atoms with Crippen LogP contribution in [0.4, 0.5) is 11.4 Å². The Balaban J connectivity index is 1.63. The zero-order chi connectivity index (χ0) is 15.4. The van der Waals surface area contributed by atoms with E-state index in [1.54, 1.807) is 41.2 Å². The van der Waals surface area contributed by atoms with Gasteiger partial charge in [-0.15, -0.1) is 22.7 Å². The van der Waals surface area contributed by atoms with Crippen LogP contribution in [0.1, 0.15) is 20.2 Å². The lowest BCUT2D eigenvalue weighted by molar-refractivity contribution is 0.101. The summed E-state index contributed by atoms with van der Waals surface area (Å²) in [5.74, 6) is -0.397. The number of benzene rings is 1. The van der Waals surface area contributed by atoms with Crippen LogP contribution in [0, 0.1) is 0 Å². The summed E-state index contributed by atoms with van der Waals surface area (Å²) in [6.45, 7) is 0. The first-order valence-corrected chi connectivity index (χ1v) is 8.19. The molecule has 2 amide bonds. The minimum absolute atomic E-state index is 0.144. The van der Waals surface area contributed by atoms with Gasteiger partial charge >= 0.3 is 0 Å². The Morgan fingerprint density at radius 1 is 0.955 bits per heavy atom. The molecule has 0 bridgehead atoms. The van der Waals surface area contributed by atoms with Gasteiger partial charge in [-0.05, 0) is 35.7 Å². The zero-order valence-electron chi connectivity index (χ0n) is 11.3. The lowest BCUT2D eigenvalue weighted by atomic mass is 10.2. The quantitative estimate of drug-likeness (QED) is 0.766. The molecule has 2 N–H and O–H groups in total. The first-order valence-electron chi connectivity index (χ1n) is 6.37. The highest BCUT2D eigenvalue weighted by Crippen LogP contribution is 2.17. The van der Waals surface area contributed by atoms with Crippen LogP contribution in [0.2, 0.25) is 0 Å². The summed E-state index contributed by atoms with van der Waals surface area (Å²) < 4.78 is 0. The number of anilines is 2. The van der Waals surface area contributed by atoms with Crippen molar-refractivity contribution in [1.82, 2.24) is 4.98 Å². The zero-order valence-corrected chi connectivity index (χ0v) is 12.9. The first kappa shape index (κ1) is 14.4. The highest BCUT2D eigenvalue weighted by atomic mass is 32.1. The predicted molar refractivity (Wildman–Crippen MR) is 88.8 cm³/mol. The topological polar surface area (TPSA) is 71.1 Å². The number of hydrogen-bond donors (Lipinski definition) is 2. The minimum Gasteiger partial charge on any atom is -0.321 e. The summed E-state index contributed by atoms with van der Waals surface area (Å²) in [5, 5.41) is 9.09.